The number of amides is 2. The maximum atomic E-state index is 12.4. The Hall–Kier alpha value is -3.13. The molecule has 0 spiro atoms. The van der Waals surface area contributed by atoms with E-state index in [1.807, 2.05) is 30.5 Å². The van der Waals surface area contributed by atoms with Crippen molar-refractivity contribution >= 4 is 40.3 Å². The maximum absolute atomic E-state index is 12.4. The van der Waals surface area contributed by atoms with Crippen LogP contribution in [0.1, 0.15) is 38.5 Å². The number of nitrogens with zero attached hydrogens (tertiary/aromatic N) is 3. The quantitative estimate of drug-likeness (QED) is 0.512. The van der Waals surface area contributed by atoms with E-state index >= 15 is 0 Å². The van der Waals surface area contributed by atoms with Gasteiger partial charge in [-0.2, -0.15) is 0 Å². The number of hydrogen-bond donors (Lipinski definition) is 3. The molecule has 2 aliphatic rings. The van der Waals surface area contributed by atoms with Crippen LogP contribution in [0.3, 0.4) is 0 Å². The van der Waals surface area contributed by atoms with Crippen LogP contribution in [-0.2, 0) is 9.59 Å². The van der Waals surface area contributed by atoms with E-state index in [9.17, 15) is 9.59 Å². The monoisotopic (exact) mass is 452 g/mol. The van der Waals surface area contributed by atoms with Crippen LogP contribution in [0.15, 0.2) is 36.7 Å². The molecule has 0 aromatic carbocycles. The number of nitrogens with two attached hydrogens (primary N) is 1. The number of primary amides is 1. The lowest BCUT2D eigenvalue weighted by molar-refractivity contribution is -0.137. The zero-order chi connectivity index (χ0) is 22.2. The molecular formula is C23H25ClN6O2. The molecule has 2 amide bonds. The lowest BCUT2D eigenvalue weighted by Gasteiger charge is -2.38. The van der Waals surface area contributed by atoms with Crippen molar-refractivity contribution < 1.29 is 9.59 Å². The van der Waals surface area contributed by atoms with Crippen molar-refractivity contribution in [2.45, 2.75) is 56.7 Å². The van der Waals surface area contributed by atoms with Crippen molar-refractivity contribution in [2.24, 2.45) is 5.73 Å². The highest BCUT2D eigenvalue weighted by molar-refractivity contribution is 6.29. The minimum Gasteiger partial charge on any atom is -0.368 e. The molecule has 1 saturated heterocycles. The number of H-pyrrole nitrogens is 1. The van der Waals surface area contributed by atoms with Gasteiger partial charge in [0.25, 0.3) is 0 Å². The van der Waals surface area contributed by atoms with Crippen molar-refractivity contribution in [1.29, 1.82) is 0 Å². The zero-order valence-corrected chi connectivity index (χ0v) is 18.3. The zero-order valence-electron chi connectivity index (χ0n) is 17.6. The molecule has 32 heavy (non-hydrogen) atoms. The lowest BCUT2D eigenvalue weighted by Crippen LogP contribution is -2.50. The first-order chi connectivity index (χ1) is 15.5. The molecule has 1 aliphatic heterocycles. The molecule has 3 atom stereocenters. The van der Waals surface area contributed by atoms with E-state index in [-0.39, 0.29) is 18.0 Å². The highest BCUT2D eigenvalue weighted by Crippen LogP contribution is 2.33. The molecule has 2 fully saturated rings. The largest absolute Gasteiger partial charge is 0.368 e. The molecule has 1 saturated carbocycles. The third-order valence-corrected chi connectivity index (χ3v) is 6.73. The Bertz CT molecular complexity index is 1180. The summed E-state index contributed by atoms with van der Waals surface area (Å²) in [4.78, 5) is 38.0. The number of hydrogen-bond acceptors (Lipinski definition) is 5. The highest BCUT2D eigenvalue weighted by atomic mass is 35.5. The van der Waals surface area contributed by atoms with Gasteiger partial charge in [-0.3, -0.25) is 9.59 Å². The van der Waals surface area contributed by atoms with Gasteiger partial charge >= 0.3 is 0 Å². The van der Waals surface area contributed by atoms with Gasteiger partial charge in [0.2, 0.25) is 11.8 Å². The summed E-state index contributed by atoms with van der Waals surface area (Å²) in [6.45, 7) is 0. The van der Waals surface area contributed by atoms with E-state index < -0.39 is 11.9 Å². The number of aromatic amines is 1. The number of nitrogens with one attached hydrogen (secondary N) is 2. The molecule has 4 heterocycles. The molecule has 8 nitrogen and oxygen atoms in total. The standard InChI is InChI=1S/C23H25ClN6O2/c24-19-9-13(17-12-27-23-16(17)5-2-8-26-23)10-20(29-19)28-14-3-1-4-15(11-14)30-18(22(25)32)6-7-21(30)31/h2,5,8-10,12,14-15,18H,1,3-4,6-7,11H2,(H2,25,32)(H,26,27)(H,28,29)/t14?,15?,18-/m0/s1. The highest BCUT2D eigenvalue weighted by Gasteiger charge is 2.40. The molecule has 0 radical (unpaired) electrons. The molecule has 166 valence electrons. The predicted octanol–water partition coefficient (Wildman–Crippen LogP) is 3.48. The van der Waals surface area contributed by atoms with Gasteiger partial charge in [-0.15, -0.1) is 0 Å². The summed E-state index contributed by atoms with van der Waals surface area (Å²) >= 11 is 6.36. The summed E-state index contributed by atoms with van der Waals surface area (Å²) in [6.07, 6.45) is 8.12. The molecule has 3 aromatic rings. The Morgan fingerprint density at radius 2 is 2.16 bits per heavy atom. The Morgan fingerprint density at radius 3 is 3.00 bits per heavy atom. The van der Waals surface area contributed by atoms with Crippen molar-refractivity contribution in [3.05, 3.63) is 41.8 Å². The fraction of sp³-hybridized carbons (Fsp3) is 0.391. The molecule has 3 aromatic heterocycles. The smallest absolute Gasteiger partial charge is 0.240 e. The number of anilines is 1. The number of fused-ring (bicyclic) bond motifs is 1. The minimum absolute atomic E-state index is 0.00657. The van der Waals surface area contributed by atoms with E-state index in [0.717, 1.165) is 47.8 Å². The van der Waals surface area contributed by atoms with E-state index in [0.29, 0.717) is 23.8 Å². The second-order valence-electron chi connectivity index (χ2n) is 8.59. The van der Waals surface area contributed by atoms with E-state index in [2.05, 4.69) is 20.3 Å². The summed E-state index contributed by atoms with van der Waals surface area (Å²) in [5.74, 6) is 0.298. The van der Waals surface area contributed by atoms with Gasteiger partial charge in [-0.25, -0.2) is 9.97 Å². The van der Waals surface area contributed by atoms with Crippen molar-refractivity contribution in [2.75, 3.05) is 5.32 Å². The average molecular weight is 453 g/mol. The van der Waals surface area contributed by atoms with Crippen LogP contribution in [0.5, 0.6) is 0 Å². The molecule has 1 aliphatic carbocycles. The number of aromatic nitrogens is 3. The SMILES string of the molecule is NC(=O)[C@@H]1CCC(=O)N1C1CCCC(Nc2cc(-c3c[nH]c4ncccc34)cc(Cl)n2)C1. The van der Waals surface area contributed by atoms with Crippen molar-refractivity contribution in [1.82, 2.24) is 19.9 Å². The van der Waals surface area contributed by atoms with E-state index in [4.69, 9.17) is 17.3 Å². The third kappa shape index (κ3) is 3.90. The van der Waals surface area contributed by atoms with Crippen molar-refractivity contribution in [3.8, 4) is 11.1 Å². The van der Waals surface area contributed by atoms with Crippen LogP contribution in [0, 0.1) is 0 Å². The second kappa shape index (κ2) is 8.43. The fourth-order valence-electron chi connectivity index (χ4n) is 5.12. The molecule has 9 heteroatoms. The Kier molecular flexibility index (Phi) is 5.46. The Balaban J connectivity index is 1.36. The fourth-order valence-corrected chi connectivity index (χ4v) is 5.33. The van der Waals surface area contributed by atoms with Gasteiger partial charge < -0.3 is 20.9 Å². The van der Waals surface area contributed by atoms with Gasteiger partial charge in [0, 0.05) is 41.8 Å². The molecule has 4 N–H and O–H groups in total. The van der Waals surface area contributed by atoms with Gasteiger partial charge in [-0.1, -0.05) is 11.6 Å². The molecule has 0 bridgehead atoms. The first kappa shape index (κ1) is 20.8. The van der Waals surface area contributed by atoms with Crippen LogP contribution in [0.25, 0.3) is 22.2 Å². The molecule has 5 rings (SSSR count). The first-order valence-electron chi connectivity index (χ1n) is 11.0. The van der Waals surface area contributed by atoms with Crippen LogP contribution in [-0.4, -0.2) is 49.8 Å². The molecular weight excluding hydrogens is 428 g/mol. The summed E-state index contributed by atoms with van der Waals surface area (Å²) in [7, 11) is 0. The Morgan fingerprint density at radius 1 is 1.28 bits per heavy atom. The summed E-state index contributed by atoms with van der Waals surface area (Å²) in [6, 6.07) is 7.39. The Labute approximate surface area is 190 Å². The first-order valence-corrected chi connectivity index (χ1v) is 11.3. The van der Waals surface area contributed by atoms with Crippen LogP contribution in [0.4, 0.5) is 5.82 Å². The minimum atomic E-state index is -0.488. The average Bonchev–Trinajstić information content (AvgIpc) is 3.37. The lowest BCUT2D eigenvalue weighted by atomic mass is 9.89. The van der Waals surface area contributed by atoms with Gasteiger partial charge in [-0.05, 0) is 61.9 Å². The summed E-state index contributed by atoms with van der Waals surface area (Å²) in [5.41, 5.74) is 8.33. The predicted molar refractivity (Wildman–Crippen MR) is 123 cm³/mol. The topological polar surface area (TPSA) is 117 Å². The number of carbonyl (C=O) groups is 2. The molecule has 2 unspecified atom stereocenters. The normalized spacial score (nSPS) is 23.6. The van der Waals surface area contributed by atoms with Crippen LogP contribution >= 0.6 is 11.6 Å². The number of pyridine rings is 2. The van der Waals surface area contributed by atoms with E-state index in [1.54, 1.807) is 11.1 Å². The van der Waals surface area contributed by atoms with Crippen molar-refractivity contribution in [3.63, 3.8) is 0 Å². The number of rotatable bonds is 5. The van der Waals surface area contributed by atoms with E-state index in [1.165, 1.54) is 0 Å². The van der Waals surface area contributed by atoms with Gasteiger partial charge in [0.1, 0.15) is 22.7 Å². The van der Waals surface area contributed by atoms with Crippen LogP contribution in [0.2, 0.25) is 5.15 Å². The maximum Gasteiger partial charge on any atom is 0.240 e. The number of likely N-dealkylation sites (tertiary alicyclic amines) is 1. The number of halogens is 1. The van der Waals surface area contributed by atoms with Crippen LogP contribution < -0.4 is 11.1 Å². The summed E-state index contributed by atoms with van der Waals surface area (Å²) < 4.78 is 0. The third-order valence-electron chi connectivity index (χ3n) is 6.53. The second-order valence-corrected chi connectivity index (χ2v) is 8.97. The number of carbonyl (C=O) groups excluding carboxylic acids is 2. The van der Waals surface area contributed by atoms with Gasteiger partial charge in [0.15, 0.2) is 0 Å². The van der Waals surface area contributed by atoms with Gasteiger partial charge in [0.05, 0.1) is 0 Å². The summed E-state index contributed by atoms with van der Waals surface area (Å²) in [5, 5.41) is 4.93.